The molecule has 19 heavy (non-hydrogen) atoms. The molecule has 1 amide bonds. The van der Waals surface area contributed by atoms with Gasteiger partial charge in [0.2, 0.25) is 0 Å². The number of aliphatic hydroxyl groups is 1. The Balaban J connectivity index is 1.71. The SMILES string of the molecule is O=C(NCC(O)(c1ccco1)C1CC1)c1ccsc1. The Morgan fingerprint density at radius 2 is 2.37 bits per heavy atom. The van der Waals surface area contributed by atoms with E-state index in [0.717, 1.165) is 12.8 Å². The van der Waals surface area contributed by atoms with Crippen molar-refractivity contribution in [1.29, 1.82) is 0 Å². The van der Waals surface area contributed by atoms with E-state index in [-0.39, 0.29) is 18.4 Å². The normalized spacial score (nSPS) is 17.9. The maximum atomic E-state index is 11.9. The van der Waals surface area contributed by atoms with E-state index in [9.17, 15) is 9.90 Å². The monoisotopic (exact) mass is 277 g/mol. The molecule has 0 saturated heterocycles. The molecule has 1 atom stereocenters. The van der Waals surface area contributed by atoms with Crippen molar-refractivity contribution >= 4 is 17.2 Å². The van der Waals surface area contributed by atoms with Crippen LogP contribution in [0.3, 0.4) is 0 Å². The molecule has 1 fully saturated rings. The molecule has 5 heteroatoms. The predicted octanol–water partition coefficient (Wildman–Crippen LogP) is 2.37. The zero-order valence-corrected chi connectivity index (χ0v) is 11.2. The number of carbonyl (C=O) groups is 1. The van der Waals surface area contributed by atoms with Gasteiger partial charge in [0, 0.05) is 10.9 Å². The summed E-state index contributed by atoms with van der Waals surface area (Å²) in [5.74, 6) is 0.536. The molecule has 2 N–H and O–H groups in total. The largest absolute Gasteiger partial charge is 0.466 e. The molecule has 0 aromatic carbocycles. The number of hydrogen-bond acceptors (Lipinski definition) is 4. The molecule has 0 aliphatic heterocycles. The summed E-state index contributed by atoms with van der Waals surface area (Å²) in [6, 6.07) is 5.28. The van der Waals surface area contributed by atoms with Gasteiger partial charge >= 0.3 is 0 Å². The molecule has 2 aromatic heterocycles. The van der Waals surface area contributed by atoms with Crippen LogP contribution in [0.2, 0.25) is 0 Å². The van der Waals surface area contributed by atoms with Crippen molar-refractivity contribution in [2.75, 3.05) is 6.54 Å². The Labute approximate surface area is 115 Å². The van der Waals surface area contributed by atoms with Crippen LogP contribution in [0.4, 0.5) is 0 Å². The summed E-state index contributed by atoms with van der Waals surface area (Å²) in [7, 11) is 0. The summed E-state index contributed by atoms with van der Waals surface area (Å²) >= 11 is 1.48. The smallest absolute Gasteiger partial charge is 0.252 e. The van der Waals surface area contributed by atoms with Gasteiger partial charge in [0.15, 0.2) is 0 Å². The number of thiophene rings is 1. The second-order valence-electron chi connectivity index (χ2n) is 4.87. The Morgan fingerprint density at radius 3 is 2.95 bits per heavy atom. The number of rotatable bonds is 5. The fraction of sp³-hybridized carbons (Fsp3) is 0.357. The van der Waals surface area contributed by atoms with E-state index in [1.807, 2.05) is 5.38 Å². The van der Waals surface area contributed by atoms with Gasteiger partial charge in [-0.15, -0.1) is 0 Å². The van der Waals surface area contributed by atoms with Crippen molar-refractivity contribution in [3.05, 3.63) is 46.5 Å². The van der Waals surface area contributed by atoms with Crippen LogP contribution >= 0.6 is 11.3 Å². The number of hydrogen-bond donors (Lipinski definition) is 2. The Bertz CT molecular complexity index is 545. The molecule has 4 nitrogen and oxygen atoms in total. The van der Waals surface area contributed by atoms with Crippen LogP contribution in [-0.2, 0) is 5.60 Å². The molecule has 0 bridgehead atoms. The van der Waals surface area contributed by atoms with Crippen molar-refractivity contribution in [3.63, 3.8) is 0 Å². The van der Waals surface area contributed by atoms with Gasteiger partial charge in [-0.05, 0) is 42.3 Å². The third-order valence-electron chi connectivity index (χ3n) is 3.50. The molecule has 100 valence electrons. The van der Waals surface area contributed by atoms with Crippen molar-refractivity contribution < 1.29 is 14.3 Å². The lowest BCUT2D eigenvalue weighted by atomic mass is 9.94. The second-order valence-corrected chi connectivity index (χ2v) is 5.65. The first kappa shape index (κ1) is 12.4. The Kier molecular flexibility index (Phi) is 3.16. The summed E-state index contributed by atoms with van der Waals surface area (Å²) in [4.78, 5) is 11.9. The molecular formula is C14H15NO3S. The first-order valence-corrected chi connectivity index (χ1v) is 7.21. The van der Waals surface area contributed by atoms with Crippen molar-refractivity contribution in [2.24, 2.45) is 5.92 Å². The van der Waals surface area contributed by atoms with E-state index in [1.54, 1.807) is 29.8 Å². The lowest BCUT2D eigenvalue weighted by Crippen LogP contribution is -2.42. The number of nitrogens with one attached hydrogen (secondary N) is 1. The molecule has 1 aliphatic rings. The highest BCUT2D eigenvalue weighted by Gasteiger charge is 2.47. The number of carbonyl (C=O) groups excluding carboxylic acids is 1. The zero-order valence-electron chi connectivity index (χ0n) is 10.3. The van der Waals surface area contributed by atoms with Crippen LogP contribution in [-0.4, -0.2) is 17.6 Å². The van der Waals surface area contributed by atoms with Gasteiger partial charge in [0.05, 0.1) is 12.8 Å². The average molecular weight is 277 g/mol. The number of furan rings is 1. The van der Waals surface area contributed by atoms with E-state index in [0.29, 0.717) is 11.3 Å². The molecule has 1 aliphatic carbocycles. The Hall–Kier alpha value is -1.59. The van der Waals surface area contributed by atoms with Crippen molar-refractivity contribution in [3.8, 4) is 0 Å². The van der Waals surface area contributed by atoms with E-state index < -0.39 is 5.60 Å². The standard InChI is InChI=1S/C14H15NO3S/c16-13(10-5-7-19-8-10)15-9-14(17,11-3-4-11)12-2-1-6-18-12/h1-2,5-8,11,17H,3-4,9H2,(H,15,16). The van der Waals surface area contributed by atoms with E-state index >= 15 is 0 Å². The van der Waals surface area contributed by atoms with E-state index in [1.165, 1.54) is 11.3 Å². The average Bonchev–Trinajstić information content (AvgIpc) is 2.95. The first-order chi connectivity index (χ1) is 9.20. The minimum Gasteiger partial charge on any atom is -0.466 e. The summed E-state index contributed by atoms with van der Waals surface area (Å²) in [5, 5.41) is 17.2. The number of amides is 1. The highest BCUT2D eigenvalue weighted by atomic mass is 32.1. The van der Waals surface area contributed by atoms with Crippen LogP contribution in [0.25, 0.3) is 0 Å². The zero-order chi connectivity index (χ0) is 13.3. The molecule has 1 saturated carbocycles. The predicted molar refractivity (Wildman–Crippen MR) is 72.0 cm³/mol. The van der Waals surface area contributed by atoms with Crippen LogP contribution in [0.5, 0.6) is 0 Å². The minimum atomic E-state index is -1.09. The topological polar surface area (TPSA) is 62.5 Å². The Morgan fingerprint density at radius 1 is 1.53 bits per heavy atom. The van der Waals surface area contributed by atoms with Gasteiger partial charge in [-0.25, -0.2) is 0 Å². The maximum Gasteiger partial charge on any atom is 0.252 e. The summed E-state index contributed by atoms with van der Waals surface area (Å²) in [6.07, 6.45) is 3.47. The lowest BCUT2D eigenvalue weighted by molar-refractivity contribution is -0.00610. The van der Waals surface area contributed by atoms with Crippen LogP contribution in [0.1, 0.15) is 29.0 Å². The summed E-state index contributed by atoms with van der Waals surface area (Å²) in [5.41, 5.74) is -0.461. The fourth-order valence-electron chi connectivity index (χ4n) is 2.23. The van der Waals surface area contributed by atoms with Gasteiger partial charge in [-0.2, -0.15) is 11.3 Å². The van der Waals surface area contributed by atoms with Crippen LogP contribution in [0.15, 0.2) is 39.6 Å². The fourth-order valence-corrected chi connectivity index (χ4v) is 2.87. The quantitative estimate of drug-likeness (QED) is 0.882. The van der Waals surface area contributed by atoms with Crippen molar-refractivity contribution in [1.82, 2.24) is 5.32 Å². The molecular weight excluding hydrogens is 262 g/mol. The highest BCUT2D eigenvalue weighted by Crippen LogP contribution is 2.45. The molecule has 3 rings (SSSR count). The summed E-state index contributed by atoms with van der Waals surface area (Å²) in [6.45, 7) is 0.180. The third-order valence-corrected chi connectivity index (χ3v) is 4.19. The molecule has 0 radical (unpaired) electrons. The highest BCUT2D eigenvalue weighted by molar-refractivity contribution is 7.08. The van der Waals surface area contributed by atoms with Gasteiger partial charge in [-0.1, -0.05) is 0 Å². The van der Waals surface area contributed by atoms with Gasteiger partial charge in [0.25, 0.3) is 5.91 Å². The molecule has 1 unspecified atom stereocenters. The second kappa shape index (κ2) is 4.83. The molecule has 2 aromatic rings. The van der Waals surface area contributed by atoms with Crippen molar-refractivity contribution in [2.45, 2.75) is 18.4 Å². The van der Waals surface area contributed by atoms with E-state index in [4.69, 9.17) is 4.42 Å². The van der Waals surface area contributed by atoms with Gasteiger partial charge < -0.3 is 14.8 Å². The third kappa shape index (κ3) is 2.43. The van der Waals surface area contributed by atoms with E-state index in [2.05, 4.69) is 5.32 Å². The van der Waals surface area contributed by atoms with Crippen LogP contribution in [0, 0.1) is 5.92 Å². The first-order valence-electron chi connectivity index (χ1n) is 6.27. The minimum absolute atomic E-state index is 0.160. The maximum absolute atomic E-state index is 11.9. The van der Waals surface area contributed by atoms with Gasteiger partial charge in [-0.3, -0.25) is 4.79 Å². The van der Waals surface area contributed by atoms with Gasteiger partial charge in [0.1, 0.15) is 11.4 Å². The summed E-state index contributed by atoms with van der Waals surface area (Å²) < 4.78 is 5.32. The van der Waals surface area contributed by atoms with Crippen LogP contribution < -0.4 is 5.32 Å². The molecule has 2 heterocycles. The lowest BCUT2D eigenvalue weighted by Gasteiger charge is -2.26. The molecule has 0 spiro atoms.